The standard InChI is InChI=1S/C23H17ClF4N4O/c24-16-2-1-3-17(25)18(16)21-31-19(20(29)32-21)12-6-10-15(11-7-12)30-22(33)13-4-8-14(9-5-13)23(26,27)28/h1-4,6-11,13H,5,29H2,(H,30,33)(H,31,32). The molecule has 1 aromatic heterocycles. The summed E-state index contributed by atoms with van der Waals surface area (Å²) in [7, 11) is 0. The fraction of sp³-hybridized carbons (Fsp3) is 0.130. The van der Waals surface area contributed by atoms with Crippen LogP contribution in [0.25, 0.3) is 22.6 Å². The second kappa shape index (κ2) is 8.74. The van der Waals surface area contributed by atoms with Crippen LogP contribution in [0, 0.1) is 11.7 Å². The van der Waals surface area contributed by atoms with Crippen molar-refractivity contribution in [1.29, 1.82) is 0 Å². The van der Waals surface area contributed by atoms with Crippen LogP contribution in [0.3, 0.4) is 0 Å². The van der Waals surface area contributed by atoms with Gasteiger partial charge >= 0.3 is 6.18 Å². The Hall–Kier alpha value is -3.59. The number of carbonyl (C=O) groups excluding carboxylic acids is 1. The fourth-order valence-electron chi connectivity index (χ4n) is 3.42. The van der Waals surface area contributed by atoms with Crippen LogP contribution in [0.2, 0.25) is 5.02 Å². The number of anilines is 2. The van der Waals surface area contributed by atoms with E-state index in [0.29, 0.717) is 16.9 Å². The third kappa shape index (κ3) is 4.78. The molecular weight excluding hydrogens is 460 g/mol. The normalized spacial score (nSPS) is 15.9. The van der Waals surface area contributed by atoms with E-state index >= 15 is 0 Å². The van der Waals surface area contributed by atoms with Crippen molar-refractivity contribution < 1.29 is 22.4 Å². The molecule has 0 bridgehead atoms. The zero-order chi connectivity index (χ0) is 23.8. The quantitative estimate of drug-likeness (QED) is 0.396. The summed E-state index contributed by atoms with van der Waals surface area (Å²) < 4.78 is 52.3. The lowest BCUT2D eigenvalue weighted by Crippen LogP contribution is -2.23. The number of hydrogen-bond acceptors (Lipinski definition) is 3. The number of nitrogens with one attached hydrogen (secondary N) is 2. The molecule has 5 nitrogen and oxygen atoms in total. The van der Waals surface area contributed by atoms with Crippen molar-refractivity contribution in [3.8, 4) is 22.6 Å². The summed E-state index contributed by atoms with van der Waals surface area (Å²) in [5.41, 5.74) is 6.80. The molecule has 0 aliphatic heterocycles. The summed E-state index contributed by atoms with van der Waals surface area (Å²) in [6.45, 7) is 0. The van der Waals surface area contributed by atoms with E-state index < -0.39 is 29.4 Å². The Bertz CT molecular complexity index is 1240. The van der Waals surface area contributed by atoms with E-state index in [2.05, 4.69) is 15.3 Å². The predicted octanol–water partition coefficient (Wildman–Crippen LogP) is 6.12. The Balaban J connectivity index is 1.47. The first kappa shape index (κ1) is 22.6. The van der Waals surface area contributed by atoms with E-state index in [1.54, 1.807) is 24.3 Å². The van der Waals surface area contributed by atoms with Crippen molar-refractivity contribution in [1.82, 2.24) is 9.97 Å². The van der Waals surface area contributed by atoms with Gasteiger partial charge in [-0.15, -0.1) is 0 Å². The van der Waals surface area contributed by atoms with Gasteiger partial charge in [0.15, 0.2) is 0 Å². The molecule has 1 heterocycles. The summed E-state index contributed by atoms with van der Waals surface area (Å²) in [4.78, 5) is 19.6. The predicted molar refractivity (Wildman–Crippen MR) is 119 cm³/mol. The molecule has 170 valence electrons. The summed E-state index contributed by atoms with van der Waals surface area (Å²) >= 11 is 6.09. The molecule has 1 aliphatic rings. The number of halogens is 5. The highest BCUT2D eigenvalue weighted by Crippen LogP contribution is 2.34. The van der Waals surface area contributed by atoms with Crippen LogP contribution in [0.5, 0.6) is 0 Å². The van der Waals surface area contributed by atoms with Crippen LogP contribution in [-0.4, -0.2) is 22.1 Å². The SMILES string of the molecule is Nc1[nH]c(-c2c(F)cccc2Cl)nc1-c1ccc(NC(=O)C2C=CC(C(F)(F)F)=CC2)cc1. The minimum absolute atomic E-state index is 0.0412. The zero-order valence-corrected chi connectivity index (χ0v) is 17.6. The Kier molecular flexibility index (Phi) is 5.99. The van der Waals surface area contributed by atoms with Crippen molar-refractivity contribution in [3.05, 3.63) is 77.1 Å². The molecular formula is C23H17ClF4N4O. The van der Waals surface area contributed by atoms with E-state index in [0.717, 1.165) is 12.2 Å². The number of amides is 1. The molecule has 0 fully saturated rings. The summed E-state index contributed by atoms with van der Waals surface area (Å²) in [6.07, 6.45) is -1.31. The van der Waals surface area contributed by atoms with Gasteiger partial charge in [-0.2, -0.15) is 13.2 Å². The number of rotatable bonds is 4. The maximum absolute atomic E-state index is 14.2. The molecule has 2 aromatic carbocycles. The molecule has 1 aliphatic carbocycles. The lowest BCUT2D eigenvalue weighted by Gasteiger charge is -2.17. The van der Waals surface area contributed by atoms with E-state index in [-0.39, 0.29) is 28.6 Å². The maximum atomic E-state index is 14.2. The Labute approximate surface area is 191 Å². The molecule has 1 unspecified atom stereocenters. The topological polar surface area (TPSA) is 83.8 Å². The molecule has 33 heavy (non-hydrogen) atoms. The molecule has 0 saturated heterocycles. The Morgan fingerprint density at radius 2 is 1.91 bits per heavy atom. The number of imidazole rings is 1. The van der Waals surface area contributed by atoms with Crippen LogP contribution >= 0.6 is 11.6 Å². The molecule has 0 radical (unpaired) electrons. The smallest absolute Gasteiger partial charge is 0.383 e. The first-order chi connectivity index (χ1) is 15.6. The number of H-pyrrole nitrogens is 1. The van der Waals surface area contributed by atoms with Crippen LogP contribution in [0.4, 0.5) is 29.1 Å². The van der Waals surface area contributed by atoms with Crippen molar-refractivity contribution in [3.63, 3.8) is 0 Å². The van der Waals surface area contributed by atoms with Gasteiger partial charge in [-0.1, -0.05) is 48.0 Å². The van der Waals surface area contributed by atoms with Crippen LogP contribution in [0.15, 0.2) is 66.3 Å². The fourth-order valence-corrected chi connectivity index (χ4v) is 3.67. The van der Waals surface area contributed by atoms with E-state index in [9.17, 15) is 22.4 Å². The highest BCUT2D eigenvalue weighted by molar-refractivity contribution is 6.33. The van der Waals surface area contributed by atoms with Gasteiger partial charge in [0.25, 0.3) is 0 Å². The van der Waals surface area contributed by atoms with Crippen molar-refractivity contribution >= 4 is 29.0 Å². The third-order valence-corrected chi connectivity index (χ3v) is 5.44. The number of hydrogen-bond donors (Lipinski definition) is 3. The second-order valence-electron chi connectivity index (χ2n) is 7.37. The minimum atomic E-state index is -4.43. The molecule has 0 spiro atoms. The first-order valence-electron chi connectivity index (χ1n) is 9.80. The summed E-state index contributed by atoms with van der Waals surface area (Å²) in [6, 6.07) is 10.8. The van der Waals surface area contributed by atoms with Crippen molar-refractivity contribution in [2.75, 3.05) is 11.1 Å². The second-order valence-corrected chi connectivity index (χ2v) is 7.78. The van der Waals surface area contributed by atoms with Gasteiger partial charge in [-0.3, -0.25) is 4.79 Å². The van der Waals surface area contributed by atoms with Crippen molar-refractivity contribution in [2.24, 2.45) is 5.92 Å². The third-order valence-electron chi connectivity index (χ3n) is 5.12. The van der Waals surface area contributed by atoms with E-state index in [4.69, 9.17) is 17.3 Å². The Morgan fingerprint density at radius 3 is 2.52 bits per heavy atom. The number of allylic oxidation sites excluding steroid dienone is 3. The number of aromatic nitrogens is 2. The molecule has 10 heteroatoms. The van der Waals surface area contributed by atoms with Crippen LogP contribution in [0.1, 0.15) is 6.42 Å². The summed E-state index contributed by atoms with van der Waals surface area (Å²) in [5, 5.41) is 2.86. The maximum Gasteiger partial charge on any atom is 0.416 e. The number of aromatic amines is 1. The highest BCUT2D eigenvalue weighted by atomic mass is 35.5. The number of nitrogens with two attached hydrogens (primary N) is 1. The van der Waals surface area contributed by atoms with E-state index in [1.807, 2.05) is 0 Å². The summed E-state index contributed by atoms with van der Waals surface area (Å²) in [5.74, 6) is -1.29. The first-order valence-corrected chi connectivity index (χ1v) is 10.2. The van der Waals surface area contributed by atoms with Gasteiger partial charge in [-0.05, 0) is 30.7 Å². The molecule has 1 amide bonds. The van der Waals surface area contributed by atoms with Crippen LogP contribution in [-0.2, 0) is 4.79 Å². The van der Waals surface area contributed by atoms with Gasteiger partial charge in [-0.25, -0.2) is 9.37 Å². The van der Waals surface area contributed by atoms with Gasteiger partial charge in [0, 0.05) is 11.3 Å². The monoisotopic (exact) mass is 476 g/mol. The molecule has 1 atom stereocenters. The number of nitrogens with zero attached hydrogens (tertiary/aromatic N) is 1. The lowest BCUT2D eigenvalue weighted by molar-refractivity contribution is -0.118. The molecule has 4 N–H and O–H groups in total. The minimum Gasteiger partial charge on any atom is -0.383 e. The zero-order valence-electron chi connectivity index (χ0n) is 16.9. The molecule has 0 saturated carbocycles. The van der Waals surface area contributed by atoms with Gasteiger partial charge in [0.2, 0.25) is 5.91 Å². The van der Waals surface area contributed by atoms with Crippen molar-refractivity contribution in [2.45, 2.75) is 12.6 Å². The van der Waals surface area contributed by atoms with E-state index in [1.165, 1.54) is 24.3 Å². The molecule has 4 rings (SSSR count). The average molecular weight is 477 g/mol. The number of benzene rings is 2. The van der Waals surface area contributed by atoms with Crippen LogP contribution < -0.4 is 11.1 Å². The Morgan fingerprint density at radius 1 is 1.18 bits per heavy atom. The average Bonchev–Trinajstić information content (AvgIpc) is 3.14. The number of carbonyl (C=O) groups is 1. The molecule has 3 aromatic rings. The number of alkyl halides is 3. The largest absolute Gasteiger partial charge is 0.416 e. The highest BCUT2D eigenvalue weighted by Gasteiger charge is 2.33. The number of nitrogen functional groups attached to an aromatic ring is 1. The van der Waals surface area contributed by atoms with Gasteiger partial charge in [0.05, 0.1) is 22.1 Å². The van der Waals surface area contributed by atoms with Gasteiger partial charge in [0.1, 0.15) is 23.2 Å². The lowest BCUT2D eigenvalue weighted by atomic mass is 9.95. The van der Waals surface area contributed by atoms with Gasteiger partial charge < -0.3 is 16.0 Å².